The van der Waals surface area contributed by atoms with E-state index in [1.165, 1.54) is 27.0 Å². The summed E-state index contributed by atoms with van der Waals surface area (Å²) in [4.78, 5) is 4.93. The van der Waals surface area contributed by atoms with Crippen molar-refractivity contribution in [3.05, 3.63) is 126 Å². The van der Waals surface area contributed by atoms with Crippen LogP contribution in [0.25, 0.3) is 0 Å². The highest BCUT2D eigenvalue weighted by molar-refractivity contribution is 7.79. The molecule has 2 nitrogen and oxygen atoms in total. The van der Waals surface area contributed by atoms with Crippen LogP contribution < -0.4 is 15.9 Å². The summed E-state index contributed by atoms with van der Waals surface area (Å²) < 4.78 is 6.05. The van der Waals surface area contributed by atoms with E-state index in [1.807, 2.05) is 0 Å². The van der Waals surface area contributed by atoms with Crippen LogP contribution in [0.4, 0.5) is 0 Å². The van der Waals surface area contributed by atoms with Gasteiger partial charge in [0, 0.05) is 6.42 Å². The van der Waals surface area contributed by atoms with Gasteiger partial charge in [-0.15, -0.1) is 0 Å². The third-order valence-corrected chi connectivity index (χ3v) is 8.23. The highest BCUT2D eigenvalue weighted by atomic mass is 31.1. The Labute approximate surface area is 191 Å². The number of rotatable bonds is 7. The summed E-state index contributed by atoms with van der Waals surface area (Å²) >= 11 is 0. The average molecular weight is 436 g/mol. The van der Waals surface area contributed by atoms with Crippen LogP contribution in [0.1, 0.15) is 11.1 Å². The molecule has 1 aliphatic rings. The van der Waals surface area contributed by atoms with Crippen molar-refractivity contribution in [1.82, 2.24) is 0 Å². The van der Waals surface area contributed by atoms with E-state index in [9.17, 15) is 0 Å². The molecule has 158 valence electrons. The van der Waals surface area contributed by atoms with Crippen molar-refractivity contribution >= 4 is 29.7 Å². The Balaban J connectivity index is 1.44. The van der Waals surface area contributed by atoms with Crippen LogP contribution in [0, 0.1) is 0 Å². The van der Waals surface area contributed by atoms with E-state index in [2.05, 4.69) is 115 Å². The van der Waals surface area contributed by atoms with Crippen LogP contribution in [-0.4, -0.2) is 18.5 Å². The Kier molecular flexibility index (Phi) is 6.42. The number of benzene rings is 4. The average Bonchev–Trinajstić information content (AvgIpc) is 3.29. The molecule has 0 amide bonds. The highest BCUT2D eigenvalue weighted by Crippen LogP contribution is 2.34. The highest BCUT2D eigenvalue weighted by Gasteiger charge is 2.23. The Hall–Kier alpha value is -3.22. The second kappa shape index (κ2) is 9.94. The molecule has 0 spiro atoms. The van der Waals surface area contributed by atoms with Gasteiger partial charge < -0.3 is 4.74 Å². The second-order valence-corrected chi connectivity index (χ2v) is 10.2. The number of hydrogen-bond donors (Lipinski definition) is 0. The van der Waals surface area contributed by atoms with E-state index in [4.69, 9.17) is 9.73 Å². The van der Waals surface area contributed by atoms with Crippen molar-refractivity contribution in [2.45, 2.75) is 18.9 Å². The molecular weight excluding hydrogens is 409 g/mol. The number of nitrogens with zero attached hydrogens (tertiary/aromatic N) is 1. The molecule has 1 aliphatic heterocycles. The van der Waals surface area contributed by atoms with Crippen LogP contribution in [-0.2, 0) is 17.6 Å². The summed E-state index contributed by atoms with van der Waals surface area (Å²) in [6, 6.07) is 41.2. The fraction of sp³-hybridized carbons (Fsp3) is 0.138. The lowest BCUT2D eigenvalue weighted by molar-refractivity contribution is 0.311. The summed E-state index contributed by atoms with van der Waals surface area (Å²) in [6.07, 6.45) is 1.66. The molecule has 5 rings (SSSR count). The topological polar surface area (TPSA) is 21.6 Å². The molecule has 0 N–H and O–H groups in total. The summed E-state index contributed by atoms with van der Waals surface area (Å²) in [5.74, 6) is 0.856. The molecule has 0 aliphatic carbocycles. The van der Waals surface area contributed by atoms with Gasteiger partial charge in [0.15, 0.2) is 5.90 Å². The SMILES string of the molecule is c1ccc(C[C@@H]2COC(Cc3ccccc3P(c3ccccc3)c3ccccc3)=N2)cc1. The number of aliphatic imine (C=N–C) groups is 1. The van der Waals surface area contributed by atoms with Gasteiger partial charge >= 0.3 is 0 Å². The van der Waals surface area contributed by atoms with Gasteiger partial charge in [-0.3, -0.25) is 0 Å². The zero-order chi connectivity index (χ0) is 21.6. The zero-order valence-corrected chi connectivity index (χ0v) is 18.9. The first-order valence-corrected chi connectivity index (χ1v) is 12.4. The Morgan fingerprint density at radius 3 is 1.91 bits per heavy atom. The van der Waals surface area contributed by atoms with E-state index in [0.717, 1.165) is 18.7 Å². The molecule has 4 aromatic rings. The molecule has 0 unspecified atom stereocenters. The molecule has 1 heterocycles. The smallest absolute Gasteiger partial charge is 0.188 e. The summed E-state index contributed by atoms with van der Waals surface area (Å²) in [5.41, 5.74) is 2.61. The number of ether oxygens (including phenoxy) is 1. The molecular formula is C29H26NOP. The maximum atomic E-state index is 6.05. The molecule has 3 heteroatoms. The molecule has 0 saturated heterocycles. The largest absolute Gasteiger partial charge is 0.478 e. The molecule has 0 aromatic heterocycles. The third kappa shape index (κ3) is 4.82. The van der Waals surface area contributed by atoms with Crippen LogP contribution in [0.5, 0.6) is 0 Å². The van der Waals surface area contributed by atoms with Gasteiger partial charge in [0.2, 0.25) is 0 Å². The molecule has 0 saturated carbocycles. The molecule has 0 bridgehead atoms. The maximum absolute atomic E-state index is 6.05. The summed E-state index contributed by atoms with van der Waals surface area (Å²) in [6.45, 7) is 0.665. The molecule has 0 fully saturated rings. The van der Waals surface area contributed by atoms with Crippen LogP contribution in [0.2, 0.25) is 0 Å². The lowest BCUT2D eigenvalue weighted by Gasteiger charge is -2.22. The van der Waals surface area contributed by atoms with Crippen molar-refractivity contribution in [2.24, 2.45) is 4.99 Å². The summed E-state index contributed by atoms with van der Waals surface area (Å²) in [5, 5.41) is 4.09. The predicted molar refractivity (Wildman–Crippen MR) is 136 cm³/mol. The van der Waals surface area contributed by atoms with Gasteiger partial charge in [0.05, 0.1) is 6.04 Å². The van der Waals surface area contributed by atoms with Crippen LogP contribution >= 0.6 is 7.92 Å². The van der Waals surface area contributed by atoms with Crippen molar-refractivity contribution in [3.8, 4) is 0 Å². The predicted octanol–water partition coefficient (Wildman–Crippen LogP) is 5.03. The first-order chi connectivity index (χ1) is 15.9. The van der Waals surface area contributed by atoms with E-state index >= 15 is 0 Å². The van der Waals surface area contributed by atoms with Crippen molar-refractivity contribution < 1.29 is 4.74 Å². The van der Waals surface area contributed by atoms with Crippen molar-refractivity contribution in [2.75, 3.05) is 6.61 Å². The third-order valence-electron chi connectivity index (χ3n) is 5.69. The Bertz CT molecular complexity index is 1140. The minimum atomic E-state index is -0.648. The molecule has 0 radical (unpaired) electrons. The normalized spacial score (nSPS) is 15.4. The fourth-order valence-electron chi connectivity index (χ4n) is 4.18. The minimum Gasteiger partial charge on any atom is -0.478 e. The van der Waals surface area contributed by atoms with Gasteiger partial charge in [-0.2, -0.15) is 0 Å². The molecule has 32 heavy (non-hydrogen) atoms. The van der Waals surface area contributed by atoms with Crippen molar-refractivity contribution in [3.63, 3.8) is 0 Å². The van der Waals surface area contributed by atoms with Crippen LogP contribution in [0.3, 0.4) is 0 Å². The Morgan fingerprint density at radius 2 is 1.25 bits per heavy atom. The minimum absolute atomic E-state index is 0.198. The van der Waals surface area contributed by atoms with Gasteiger partial charge in [-0.25, -0.2) is 4.99 Å². The quantitative estimate of drug-likeness (QED) is 0.373. The fourth-order valence-corrected chi connectivity index (χ4v) is 6.65. The first kappa shape index (κ1) is 20.7. The van der Waals surface area contributed by atoms with Gasteiger partial charge in [-0.05, 0) is 41.4 Å². The summed E-state index contributed by atoms with van der Waals surface area (Å²) in [7, 11) is -0.648. The van der Waals surface area contributed by atoms with E-state index in [0.29, 0.717) is 6.61 Å². The standard InChI is InChI=1S/C29H26NOP/c1-4-12-23(13-5-1)20-25-22-31-29(30-25)21-24-14-10-11-19-28(24)32(26-15-6-2-7-16-26)27-17-8-3-9-18-27/h1-19,25H,20-22H2/t25-/m1/s1. The second-order valence-electron chi connectivity index (χ2n) is 7.99. The maximum Gasteiger partial charge on any atom is 0.188 e. The van der Waals surface area contributed by atoms with Gasteiger partial charge in [0.25, 0.3) is 0 Å². The van der Waals surface area contributed by atoms with E-state index < -0.39 is 7.92 Å². The molecule has 1 atom stereocenters. The Morgan fingerprint density at radius 1 is 0.688 bits per heavy atom. The number of hydrogen-bond acceptors (Lipinski definition) is 2. The molecule has 4 aromatic carbocycles. The lowest BCUT2D eigenvalue weighted by Crippen LogP contribution is -2.24. The monoisotopic (exact) mass is 435 g/mol. The van der Waals surface area contributed by atoms with Gasteiger partial charge in [0.1, 0.15) is 6.61 Å². The van der Waals surface area contributed by atoms with E-state index in [-0.39, 0.29) is 6.04 Å². The zero-order valence-electron chi connectivity index (χ0n) is 18.0. The lowest BCUT2D eigenvalue weighted by atomic mass is 10.1. The van der Waals surface area contributed by atoms with Gasteiger partial charge in [-0.1, -0.05) is 115 Å². The van der Waals surface area contributed by atoms with Crippen LogP contribution in [0.15, 0.2) is 120 Å². The first-order valence-electron chi connectivity index (χ1n) is 11.1. The van der Waals surface area contributed by atoms with Crippen molar-refractivity contribution in [1.29, 1.82) is 0 Å². The van der Waals surface area contributed by atoms with E-state index in [1.54, 1.807) is 0 Å².